The second-order valence-corrected chi connectivity index (χ2v) is 20.4. The summed E-state index contributed by atoms with van der Waals surface area (Å²) in [4.78, 5) is 0. The van der Waals surface area contributed by atoms with E-state index in [1.807, 2.05) is 0 Å². The van der Waals surface area contributed by atoms with E-state index in [1.54, 1.807) is 0 Å². The molecular formula is C65H54O. The summed E-state index contributed by atoms with van der Waals surface area (Å²) < 4.78 is 7.12. The van der Waals surface area contributed by atoms with Crippen molar-refractivity contribution in [1.29, 1.82) is 0 Å². The van der Waals surface area contributed by atoms with Crippen molar-refractivity contribution in [3.63, 3.8) is 0 Å². The molecule has 3 aliphatic carbocycles. The number of hydrogen-bond acceptors (Lipinski definition) is 1. The Balaban J connectivity index is 1.10. The van der Waals surface area contributed by atoms with Crippen LogP contribution in [0.2, 0.25) is 0 Å². The zero-order valence-corrected chi connectivity index (χ0v) is 37.9. The molecule has 0 saturated heterocycles. The molecule has 0 spiro atoms. The van der Waals surface area contributed by atoms with Gasteiger partial charge in [0.05, 0.1) is 5.41 Å². The van der Waals surface area contributed by atoms with Gasteiger partial charge in [0, 0.05) is 22.1 Å². The van der Waals surface area contributed by atoms with E-state index in [0.29, 0.717) is 11.8 Å². The highest BCUT2D eigenvalue weighted by molar-refractivity contribution is 6.17. The minimum Gasteiger partial charge on any atom is -0.455 e. The molecule has 3 unspecified atom stereocenters. The van der Waals surface area contributed by atoms with Crippen molar-refractivity contribution >= 4 is 32.7 Å². The average molecular weight is 851 g/mol. The fourth-order valence-corrected chi connectivity index (χ4v) is 14.1. The van der Waals surface area contributed by atoms with E-state index in [9.17, 15) is 0 Å². The Morgan fingerprint density at radius 2 is 1.03 bits per heavy atom. The third-order valence-electron chi connectivity index (χ3n) is 16.2. The second kappa shape index (κ2) is 15.3. The van der Waals surface area contributed by atoms with Crippen molar-refractivity contribution in [2.45, 2.75) is 62.7 Å². The van der Waals surface area contributed by atoms with Crippen molar-refractivity contribution in [2.75, 3.05) is 0 Å². The van der Waals surface area contributed by atoms with Gasteiger partial charge in [-0.2, -0.15) is 0 Å². The van der Waals surface area contributed by atoms with Gasteiger partial charge < -0.3 is 4.42 Å². The lowest BCUT2D eigenvalue weighted by Crippen LogP contribution is -2.42. The summed E-state index contributed by atoms with van der Waals surface area (Å²) in [5, 5.41) is 4.99. The van der Waals surface area contributed by atoms with Gasteiger partial charge in [-0.3, -0.25) is 0 Å². The monoisotopic (exact) mass is 850 g/mol. The summed E-state index contributed by atoms with van der Waals surface area (Å²) in [6, 6.07) is 77.7. The van der Waals surface area contributed by atoms with Crippen LogP contribution in [0, 0.1) is 17.8 Å². The molecule has 0 radical (unpaired) electrons. The van der Waals surface area contributed by atoms with Crippen LogP contribution in [0.15, 0.2) is 211 Å². The molecule has 13 rings (SSSR count). The minimum absolute atomic E-state index is 0.0774. The highest BCUT2D eigenvalue weighted by Gasteiger charge is 2.48. The van der Waals surface area contributed by atoms with Crippen molar-refractivity contribution < 1.29 is 4.42 Å². The van der Waals surface area contributed by atoms with Gasteiger partial charge in [0.15, 0.2) is 0 Å². The summed E-state index contributed by atoms with van der Waals surface area (Å²) in [6.45, 7) is 5.01. The number of rotatable bonds is 7. The lowest BCUT2D eigenvalue weighted by atomic mass is 9.54. The fraction of sp³-hybridized carbons (Fsp3) is 0.200. The zero-order valence-electron chi connectivity index (χ0n) is 37.9. The molecule has 1 heterocycles. The lowest BCUT2D eigenvalue weighted by molar-refractivity contribution is 0.0790. The van der Waals surface area contributed by atoms with Gasteiger partial charge in [-0.05, 0) is 140 Å². The van der Waals surface area contributed by atoms with Crippen LogP contribution in [0.1, 0.15) is 96.4 Å². The topological polar surface area (TPSA) is 13.1 Å². The SMILES string of the molecule is CC1CC2CC(C)CC(c3cccc4oc5c6ccccc6c(C(c6ccc(-c7ccccc7)cc6)c6ccc7c(c6)C(c6ccccc6)(c6ccccc6)c6ccccc6-7)cc5c34)(C1)C2. The maximum atomic E-state index is 7.12. The zero-order chi connectivity index (χ0) is 44.0. The molecule has 1 aromatic heterocycles. The molecule has 0 aliphatic heterocycles. The Morgan fingerprint density at radius 3 is 1.74 bits per heavy atom. The Labute approximate surface area is 388 Å². The van der Waals surface area contributed by atoms with E-state index >= 15 is 0 Å². The summed E-state index contributed by atoms with van der Waals surface area (Å²) in [7, 11) is 0. The molecule has 2 bridgehead atoms. The van der Waals surface area contributed by atoms with Crippen molar-refractivity contribution in [2.24, 2.45) is 17.8 Å². The number of furan rings is 1. The third-order valence-corrected chi connectivity index (χ3v) is 16.2. The molecule has 0 N–H and O–H groups in total. The maximum absolute atomic E-state index is 7.12. The first-order chi connectivity index (χ1) is 32.5. The molecule has 9 aromatic carbocycles. The molecule has 2 saturated carbocycles. The summed E-state index contributed by atoms with van der Waals surface area (Å²) in [6.07, 6.45) is 6.49. The van der Waals surface area contributed by atoms with Crippen LogP contribution in [0.4, 0.5) is 0 Å². The molecule has 0 amide bonds. The lowest BCUT2D eigenvalue weighted by Gasteiger charge is -2.50. The molecule has 1 nitrogen and oxygen atoms in total. The molecule has 10 aromatic rings. The average Bonchev–Trinajstić information content (AvgIpc) is 3.88. The number of benzene rings is 9. The van der Waals surface area contributed by atoms with Crippen LogP contribution in [0.5, 0.6) is 0 Å². The minimum atomic E-state index is -0.501. The second-order valence-electron chi connectivity index (χ2n) is 20.4. The van der Waals surface area contributed by atoms with E-state index in [1.165, 1.54) is 120 Å². The molecule has 1 heteroatoms. The van der Waals surface area contributed by atoms with Crippen LogP contribution in [-0.2, 0) is 10.8 Å². The van der Waals surface area contributed by atoms with Crippen LogP contribution >= 0.6 is 0 Å². The Morgan fingerprint density at radius 1 is 0.455 bits per heavy atom. The van der Waals surface area contributed by atoms with E-state index in [2.05, 4.69) is 220 Å². The van der Waals surface area contributed by atoms with E-state index < -0.39 is 5.41 Å². The van der Waals surface area contributed by atoms with E-state index in [0.717, 1.165) is 17.1 Å². The fourth-order valence-electron chi connectivity index (χ4n) is 14.1. The van der Waals surface area contributed by atoms with Crippen LogP contribution in [0.25, 0.3) is 55.0 Å². The smallest absolute Gasteiger partial charge is 0.143 e. The van der Waals surface area contributed by atoms with E-state index in [-0.39, 0.29) is 11.3 Å². The molecular weight excluding hydrogens is 797 g/mol. The molecule has 320 valence electrons. The molecule has 3 atom stereocenters. The first-order valence-electron chi connectivity index (χ1n) is 24.4. The van der Waals surface area contributed by atoms with E-state index in [4.69, 9.17) is 4.42 Å². The van der Waals surface area contributed by atoms with Crippen LogP contribution in [0.3, 0.4) is 0 Å². The Hall–Kier alpha value is -6.96. The molecule has 2 fully saturated rings. The largest absolute Gasteiger partial charge is 0.455 e. The summed E-state index contributed by atoms with van der Waals surface area (Å²) in [5.74, 6) is 2.14. The van der Waals surface area contributed by atoms with Crippen molar-refractivity contribution in [1.82, 2.24) is 0 Å². The van der Waals surface area contributed by atoms with Gasteiger partial charge in [-0.1, -0.05) is 208 Å². The van der Waals surface area contributed by atoms with Crippen LogP contribution < -0.4 is 0 Å². The van der Waals surface area contributed by atoms with Gasteiger partial charge in [0.1, 0.15) is 11.2 Å². The van der Waals surface area contributed by atoms with Gasteiger partial charge in [-0.25, -0.2) is 0 Å². The molecule has 66 heavy (non-hydrogen) atoms. The first-order valence-corrected chi connectivity index (χ1v) is 24.4. The number of hydrogen-bond donors (Lipinski definition) is 0. The highest BCUT2D eigenvalue weighted by atomic mass is 16.3. The highest BCUT2D eigenvalue weighted by Crippen LogP contribution is 2.59. The molecule has 3 aliphatic rings. The first kappa shape index (κ1) is 39.4. The Bertz CT molecular complexity index is 3370. The third kappa shape index (κ3) is 5.98. The van der Waals surface area contributed by atoms with Gasteiger partial charge in [-0.15, -0.1) is 0 Å². The van der Waals surface area contributed by atoms with Crippen LogP contribution in [-0.4, -0.2) is 0 Å². The predicted molar refractivity (Wildman–Crippen MR) is 274 cm³/mol. The standard InChI is InChI=1S/C65H54O/c1-42-35-44-36-43(2)40-64(39-42,41-44)58-27-16-28-60-62(58)56-38-55(51-23-12-13-25-54(51)63(56)66-60)61(47-31-29-46(30-32-47)45-17-6-3-7-18-45)48-33-34-53-52-24-14-15-26-57(52)65(59(53)37-48,49-19-8-4-9-20-49)50-21-10-5-11-22-50/h3-34,37-38,42-44,61H,35-36,39-41H2,1-2H3. The van der Waals surface area contributed by atoms with Gasteiger partial charge in [0.25, 0.3) is 0 Å². The van der Waals surface area contributed by atoms with Crippen molar-refractivity contribution in [3.8, 4) is 22.3 Å². The maximum Gasteiger partial charge on any atom is 0.143 e. The summed E-state index contributed by atoms with van der Waals surface area (Å²) >= 11 is 0. The Kier molecular flexibility index (Phi) is 9.14. The van der Waals surface area contributed by atoms with Gasteiger partial charge in [0.2, 0.25) is 0 Å². The quantitative estimate of drug-likeness (QED) is 0.146. The summed E-state index contributed by atoms with van der Waals surface area (Å²) in [5.41, 5.74) is 17.3. The number of fused-ring (bicyclic) bond motifs is 10. The van der Waals surface area contributed by atoms with Crippen molar-refractivity contribution in [3.05, 3.63) is 251 Å². The van der Waals surface area contributed by atoms with Gasteiger partial charge >= 0.3 is 0 Å². The normalized spacial score (nSPS) is 21.2. The predicted octanol–water partition coefficient (Wildman–Crippen LogP) is 17.1.